The van der Waals surface area contributed by atoms with Crippen LogP contribution in [0.2, 0.25) is 0 Å². The van der Waals surface area contributed by atoms with E-state index >= 15 is 0 Å². The van der Waals surface area contributed by atoms with Gasteiger partial charge in [0, 0.05) is 6.54 Å². The summed E-state index contributed by atoms with van der Waals surface area (Å²) in [6.07, 6.45) is 0. The molecule has 7 heavy (non-hydrogen) atoms. The van der Waals surface area contributed by atoms with Gasteiger partial charge in [-0.05, 0) is 14.1 Å². The average Bonchev–Trinajstić information content (AvgIpc) is 1.35. The SMILES string of the molecule is CN(C)CCO.N. The summed E-state index contributed by atoms with van der Waals surface area (Å²) < 4.78 is 0. The molecule has 0 radical (unpaired) electrons. The summed E-state index contributed by atoms with van der Waals surface area (Å²) >= 11 is 0. The summed E-state index contributed by atoms with van der Waals surface area (Å²) in [4.78, 5) is 1.93. The minimum Gasteiger partial charge on any atom is -0.395 e. The molecule has 0 aromatic carbocycles. The fourth-order valence-electron chi connectivity index (χ4n) is 0.200. The van der Waals surface area contributed by atoms with Gasteiger partial charge in [0.1, 0.15) is 0 Å². The molecule has 0 aromatic rings. The van der Waals surface area contributed by atoms with Crippen molar-refractivity contribution in [2.45, 2.75) is 0 Å². The second-order valence-corrected chi connectivity index (χ2v) is 1.53. The van der Waals surface area contributed by atoms with Crippen LogP contribution in [-0.4, -0.2) is 37.3 Å². The Labute approximate surface area is 44.5 Å². The monoisotopic (exact) mass is 106 g/mol. The molecule has 3 heteroatoms. The summed E-state index contributed by atoms with van der Waals surface area (Å²) in [6, 6.07) is 0. The highest BCUT2D eigenvalue weighted by atomic mass is 16.3. The van der Waals surface area contributed by atoms with E-state index in [1.807, 2.05) is 19.0 Å². The van der Waals surface area contributed by atoms with Crippen LogP contribution in [0.4, 0.5) is 0 Å². The van der Waals surface area contributed by atoms with E-state index in [-0.39, 0.29) is 12.8 Å². The Hall–Kier alpha value is -0.120. The number of likely N-dealkylation sites (N-methyl/N-ethyl adjacent to an activating group) is 1. The minimum atomic E-state index is 0. The van der Waals surface area contributed by atoms with Gasteiger partial charge in [0.05, 0.1) is 6.61 Å². The van der Waals surface area contributed by atoms with E-state index in [0.29, 0.717) is 0 Å². The van der Waals surface area contributed by atoms with Gasteiger partial charge >= 0.3 is 0 Å². The highest BCUT2D eigenvalue weighted by molar-refractivity contribution is 4.34. The molecule has 0 rings (SSSR count). The lowest BCUT2D eigenvalue weighted by Crippen LogP contribution is -2.15. The first kappa shape index (κ1) is 9.99. The third kappa shape index (κ3) is 10.7. The molecular weight excluding hydrogens is 92.1 g/mol. The quantitative estimate of drug-likeness (QED) is 0.508. The summed E-state index contributed by atoms with van der Waals surface area (Å²) in [5.41, 5.74) is 0. The lowest BCUT2D eigenvalue weighted by atomic mass is 10.6. The smallest absolute Gasteiger partial charge is 0.0558 e. The number of nitrogens with zero attached hydrogens (tertiary/aromatic N) is 1. The van der Waals surface area contributed by atoms with E-state index in [1.54, 1.807) is 0 Å². The molecule has 46 valence electrons. The molecule has 0 heterocycles. The van der Waals surface area contributed by atoms with Crippen LogP contribution in [0, 0.1) is 0 Å². The van der Waals surface area contributed by atoms with Crippen molar-refractivity contribution in [1.82, 2.24) is 11.1 Å². The van der Waals surface area contributed by atoms with Gasteiger partial charge in [-0.1, -0.05) is 0 Å². The van der Waals surface area contributed by atoms with Gasteiger partial charge in [-0.2, -0.15) is 0 Å². The van der Waals surface area contributed by atoms with Crippen molar-refractivity contribution in [3.63, 3.8) is 0 Å². The fourth-order valence-corrected chi connectivity index (χ4v) is 0.200. The van der Waals surface area contributed by atoms with Gasteiger partial charge in [-0.15, -0.1) is 0 Å². The molecule has 4 N–H and O–H groups in total. The first-order chi connectivity index (χ1) is 2.77. The standard InChI is InChI=1S/C4H11NO.H3N/c1-5(2)3-4-6;/h6H,3-4H2,1-2H3;1H3. The van der Waals surface area contributed by atoms with Gasteiger partial charge in [-0.25, -0.2) is 0 Å². The molecule has 0 saturated carbocycles. The van der Waals surface area contributed by atoms with Crippen LogP contribution in [0.15, 0.2) is 0 Å². The van der Waals surface area contributed by atoms with Crippen LogP contribution in [0.1, 0.15) is 0 Å². The Morgan fingerprint density at radius 3 is 1.86 bits per heavy atom. The fraction of sp³-hybridized carbons (Fsp3) is 1.00. The number of hydrogen-bond donors (Lipinski definition) is 2. The molecule has 0 fully saturated rings. The first-order valence-electron chi connectivity index (χ1n) is 2.03. The Bertz CT molecular complexity index is 30.9. The predicted molar refractivity (Wildman–Crippen MR) is 30.7 cm³/mol. The lowest BCUT2D eigenvalue weighted by Gasteiger charge is -2.03. The van der Waals surface area contributed by atoms with E-state index in [0.717, 1.165) is 6.54 Å². The maximum atomic E-state index is 8.20. The Morgan fingerprint density at radius 2 is 1.86 bits per heavy atom. The van der Waals surface area contributed by atoms with Crippen molar-refractivity contribution in [2.24, 2.45) is 0 Å². The number of aliphatic hydroxyl groups is 1. The third-order valence-corrected chi connectivity index (χ3v) is 0.547. The molecule has 0 amide bonds. The molecule has 0 unspecified atom stereocenters. The highest BCUT2D eigenvalue weighted by Crippen LogP contribution is 1.66. The summed E-state index contributed by atoms with van der Waals surface area (Å²) in [5.74, 6) is 0. The maximum Gasteiger partial charge on any atom is 0.0558 e. The maximum absolute atomic E-state index is 8.20. The van der Waals surface area contributed by atoms with Crippen molar-refractivity contribution < 1.29 is 5.11 Å². The molecular formula is C4H14N2O. The largest absolute Gasteiger partial charge is 0.395 e. The van der Waals surface area contributed by atoms with Gasteiger partial charge in [0.15, 0.2) is 0 Å². The van der Waals surface area contributed by atoms with Crippen LogP contribution in [0.5, 0.6) is 0 Å². The van der Waals surface area contributed by atoms with Gasteiger partial charge < -0.3 is 16.2 Å². The van der Waals surface area contributed by atoms with Crippen LogP contribution in [0.25, 0.3) is 0 Å². The molecule has 0 bridgehead atoms. The van der Waals surface area contributed by atoms with Crippen LogP contribution in [0.3, 0.4) is 0 Å². The number of aliphatic hydroxyl groups excluding tert-OH is 1. The summed E-state index contributed by atoms with van der Waals surface area (Å²) in [7, 11) is 3.85. The molecule has 3 nitrogen and oxygen atoms in total. The predicted octanol–water partition coefficient (Wildman–Crippen LogP) is -0.298. The zero-order valence-corrected chi connectivity index (χ0v) is 5.02. The molecule has 0 aliphatic carbocycles. The number of hydrogen-bond acceptors (Lipinski definition) is 3. The van der Waals surface area contributed by atoms with E-state index in [1.165, 1.54) is 0 Å². The highest BCUT2D eigenvalue weighted by Gasteiger charge is 1.80. The van der Waals surface area contributed by atoms with Crippen LogP contribution >= 0.6 is 0 Å². The molecule has 0 aliphatic heterocycles. The Morgan fingerprint density at radius 1 is 1.43 bits per heavy atom. The average molecular weight is 106 g/mol. The van der Waals surface area contributed by atoms with Gasteiger partial charge in [-0.3, -0.25) is 0 Å². The normalized spacial score (nSPS) is 8.57. The second-order valence-electron chi connectivity index (χ2n) is 1.53. The zero-order valence-electron chi connectivity index (χ0n) is 5.02. The van der Waals surface area contributed by atoms with E-state index in [9.17, 15) is 0 Å². The lowest BCUT2D eigenvalue weighted by molar-refractivity contribution is 0.243. The topological polar surface area (TPSA) is 58.5 Å². The second kappa shape index (κ2) is 5.88. The van der Waals surface area contributed by atoms with Crippen molar-refractivity contribution in [2.75, 3.05) is 27.2 Å². The molecule has 0 aliphatic rings. The summed E-state index contributed by atoms with van der Waals surface area (Å²) in [6.45, 7) is 1.02. The van der Waals surface area contributed by atoms with E-state index in [4.69, 9.17) is 5.11 Å². The zero-order chi connectivity index (χ0) is 4.99. The minimum absolute atomic E-state index is 0. The molecule has 0 saturated heterocycles. The van der Waals surface area contributed by atoms with Crippen molar-refractivity contribution in [3.05, 3.63) is 0 Å². The Balaban J connectivity index is 0. The molecule has 0 spiro atoms. The van der Waals surface area contributed by atoms with Crippen LogP contribution in [-0.2, 0) is 0 Å². The van der Waals surface area contributed by atoms with E-state index < -0.39 is 0 Å². The molecule has 0 atom stereocenters. The van der Waals surface area contributed by atoms with Gasteiger partial charge in [0.25, 0.3) is 0 Å². The van der Waals surface area contributed by atoms with Crippen molar-refractivity contribution in [1.29, 1.82) is 0 Å². The van der Waals surface area contributed by atoms with Crippen LogP contribution < -0.4 is 6.15 Å². The number of rotatable bonds is 2. The Kier molecular flexibility index (Phi) is 8.39. The summed E-state index contributed by atoms with van der Waals surface area (Å²) in [5, 5.41) is 8.20. The van der Waals surface area contributed by atoms with Crippen molar-refractivity contribution in [3.8, 4) is 0 Å². The third-order valence-electron chi connectivity index (χ3n) is 0.547. The molecule has 0 aromatic heterocycles. The first-order valence-corrected chi connectivity index (χ1v) is 2.03. The van der Waals surface area contributed by atoms with Crippen molar-refractivity contribution >= 4 is 0 Å². The van der Waals surface area contributed by atoms with Gasteiger partial charge in [0.2, 0.25) is 0 Å². The van der Waals surface area contributed by atoms with E-state index in [2.05, 4.69) is 0 Å².